The lowest BCUT2D eigenvalue weighted by atomic mass is 10.1. The van der Waals surface area contributed by atoms with Gasteiger partial charge in [-0.15, -0.1) is 0 Å². The smallest absolute Gasteiger partial charge is 0.234 e. The van der Waals surface area contributed by atoms with Gasteiger partial charge in [-0.05, 0) is 31.5 Å². The SMILES string of the molecule is CC[C@@H](C)NC(=O)CN1CCN(Cc2cc(Br)ccc2OC)CC1. The van der Waals surface area contributed by atoms with Crippen molar-refractivity contribution in [1.29, 1.82) is 0 Å². The highest BCUT2D eigenvalue weighted by Crippen LogP contribution is 2.24. The molecule has 1 heterocycles. The Labute approximate surface area is 153 Å². The van der Waals surface area contributed by atoms with Crippen LogP contribution in [0.1, 0.15) is 25.8 Å². The first-order chi connectivity index (χ1) is 11.5. The van der Waals surface area contributed by atoms with Gasteiger partial charge in [0.05, 0.1) is 13.7 Å². The molecule has 0 radical (unpaired) electrons. The second-order valence-electron chi connectivity index (χ2n) is 6.39. The molecule has 1 saturated heterocycles. The van der Waals surface area contributed by atoms with Crippen molar-refractivity contribution in [3.63, 3.8) is 0 Å². The van der Waals surface area contributed by atoms with Crippen LogP contribution in [0, 0.1) is 0 Å². The maximum Gasteiger partial charge on any atom is 0.234 e. The number of amides is 1. The van der Waals surface area contributed by atoms with Crippen molar-refractivity contribution in [1.82, 2.24) is 15.1 Å². The number of piperazine rings is 1. The van der Waals surface area contributed by atoms with Crippen LogP contribution in [0.5, 0.6) is 5.75 Å². The molecule has 0 spiro atoms. The number of carbonyl (C=O) groups is 1. The predicted molar refractivity (Wildman–Crippen MR) is 100 cm³/mol. The number of benzene rings is 1. The van der Waals surface area contributed by atoms with E-state index in [4.69, 9.17) is 4.74 Å². The van der Waals surface area contributed by atoms with E-state index in [2.05, 4.69) is 44.0 Å². The largest absolute Gasteiger partial charge is 0.496 e. The monoisotopic (exact) mass is 397 g/mol. The average Bonchev–Trinajstić information content (AvgIpc) is 2.56. The number of nitrogens with zero attached hydrogens (tertiary/aromatic N) is 2. The number of hydrogen-bond acceptors (Lipinski definition) is 4. The van der Waals surface area contributed by atoms with Gasteiger partial charge in [-0.1, -0.05) is 22.9 Å². The summed E-state index contributed by atoms with van der Waals surface area (Å²) in [5, 5.41) is 3.03. The Hall–Kier alpha value is -1.11. The molecular weight excluding hydrogens is 370 g/mol. The highest BCUT2D eigenvalue weighted by Gasteiger charge is 2.20. The predicted octanol–water partition coefficient (Wildman–Crippen LogP) is 2.49. The molecule has 1 atom stereocenters. The molecule has 1 aromatic rings. The zero-order valence-electron chi connectivity index (χ0n) is 14.8. The summed E-state index contributed by atoms with van der Waals surface area (Å²) >= 11 is 3.53. The lowest BCUT2D eigenvalue weighted by Gasteiger charge is -2.34. The summed E-state index contributed by atoms with van der Waals surface area (Å²) in [6, 6.07) is 6.36. The summed E-state index contributed by atoms with van der Waals surface area (Å²) in [6.07, 6.45) is 0.966. The van der Waals surface area contributed by atoms with E-state index in [9.17, 15) is 4.79 Å². The Morgan fingerprint density at radius 3 is 2.58 bits per heavy atom. The summed E-state index contributed by atoms with van der Waals surface area (Å²) in [4.78, 5) is 16.6. The molecule has 134 valence electrons. The molecule has 5 nitrogen and oxygen atoms in total. The molecule has 2 rings (SSSR count). The van der Waals surface area contributed by atoms with Gasteiger partial charge in [0, 0.05) is 48.8 Å². The summed E-state index contributed by atoms with van der Waals surface area (Å²) in [5.41, 5.74) is 1.19. The molecule has 0 aliphatic carbocycles. The Kier molecular flexibility index (Phi) is 7.52. The number of carbonyl (C=O) groups excluding carboxylic acids is 1. The second kappa shape index (κ2) is 9.39. The Balaban J connectivity index is 1.81. The van der Waals surface area contributed by atoms with Crippen LogP contribution in [-0.4, -0.2) is 61.6 Å². The number of nitrogens with one attached hydrogen (secondary N) is 1. The van der Waals surface area contributed by atoms with Crippen molar-refractivity contribution in [2.24, 2.45) is 0 Å². The minimum Gasteiger partial charge on any atom is -0.496 e. The Morgan fingerprint density at radius 1 is 1.29 bits per heavy atom. The summed E-state index contributed by atoms with van der Waals surface area (Å²) in [5.74, 6) is 1.06. The molecule has 1 aliphatic heterocycles. The number of rotatable bonds is 7. The molecule has 1 N–H and O–H groups in total. The van der Waals surface area contributed by atoms with E-state index in [1.165, 1.54) is 5.56 Å². The van der Waals surface area contributed by atoms with Crippen LogP contribution >= 0.6 is 15.9 Å². The van der Waals surface area contributed by atoms with Crippen molar-refractivity contribution in [2.45, 2.75) is 32.9 Å². The standard InChI is InChI=1S/C18H28BrN3O2/c1-4-14(2)20-18(23)13-22-9-7-21(8-10-22)12-15-11-16(19)5-6-17(15)24-3/h5-6,11,14H,4,7-10,12-13H2,1-3H3,(H,20,23)/t14-/m1/s1. The molecule has 6 heteroatoms. The molecule has 0 unspecified atom stereocenters. The summed E-state index contributed by atoms with van der Waals surface area (Å²) in [6.45, 7) is 9.27. The van der Waals surface area contributed by atoms with Crippen molar-refractivity contribution in [3.8, 4) is 5.75 Å². The van der Waals surface area contributed by atoms with E-state index >= 15 is 0 Å². The summed E-state index contributed by atoms with van der Waals surface area (Å²) < 4.78 is 6.52. The number of hydrogen-bond donors (Lipinski definition) is 1. The zero-order valence-corrected chi connectivity index (χ0v) is 16.4. The molecule has 1 aliphatic rings. The average molecular weight is 398 g/mol. The van der Waals surface area contributed by atoms with Crippen molar-refractivity contribution in [3.05, 3.63) is 28.2 Å². The highest BCUT2D eigenvalue weighted by molar-refractivity contribution is 9.10. The van der Waals surface area contributed by atoms with E-state index in [-0.39, 0.29) is 11.9 Å². The minimum absolute atomic E-state index is 0.131. The third-order valence-corrected chi connectivity index (χ3v) is 4.98. The molecule has 0 bridgehead atoms. The van der Waals surface area contributed by atoms with E-state index < -0.39 is 0 Å². The quantitative estimate of drug-likeness (QED) is 0.767. The normalized spacial score (nSPS) is 17.5. The molecule has 0 aromatic heterocycles. The molecular formula is C18H28BrN3O2. The van der Waals surface area contributed by atoms with Gasteiger partial charge in [0.25, 0.3) is 0 Å². The topological polar surface area (TPSA) is 44.8 Å². The fourth-order valence-electron chi connectivity index (χ4n) is 2.84. The maximum atomic E-state index is 12.0. The van der Waals surface area contributed by atoms with Crippen LogP contribution in [0.2, 0.25) is 0 Å². The first-order valence-corrected chi connectivity index (χ1v) is 9.37. The van der Waals surface area contributed by atoms with E-state index in [1.54, 1.807) is 7.11 Å². The summed E-state index contributed by atoms with van der Waals surface area (Å²) in [7, 11) is 1.71. The molecule has 1 aromatic carbocycles. The maximum absolute atomic E-state index is 12.0. The van der Waals surface area contributed by atoms with Crippen LogP contribution in [0.3, 0.4) is 0 Å². The van der Waals surface area contributed by atoms with Crippen LogP contribution in [0.15, 0.2) is 22.7 Å². The van der Waals surface area contributed by atoms with Gasteiger partial charge in [0.15, 0.2) is 0 Å². The second-order valence-corrected chi connectivity index (χ2v) is 7.30. The Bertz CT molecular complexity index is 545. The number of methoxy groups -OCH3 is 1. The van der Waals surface area contributed by atoms with Crippen molar-refractivity contribution >= 4 is 21.8 Å². The fraction of sp³-hybridized carbons (Fsp3) is 0.611. The lowest BCUT2D eigenvalue weighted by molar-refractivity contribution is -0.123. The van der Waals surface area contributed by atoms with Gasteiger partial charge >= 0.3 is 0 Å². The Morgan fingerprint density at radius 2 is 1.96 bits per heavy atom. The van der Waals surface area contributed by atoms with Gasteiger partial charge in [0.1, 0.15) is 5.75 Å². The molecule has 1 fully saturated rings. The van der Waals surface area contributed by atoms with Crippen LogP contribution < -0.4 is 10.1 Å². The van der Waals surface area contributed by atoms with Crippen LogP contribution in [-0.2, 0) is 11.3 Å². The lowest BCUT2D eigenvalue weighted by Crippen LogP contribution is -2.49. The third kappa shape index (κ3) is 5.76. The van der Waals surface area contributed by atoms with E-state index in [1.807, 2.05) is 19.1 Å². The fourth-order valence-corrected chi connectivity index (χ4v) is 3.25. The van der Waals surface area contributed by atoms with Crippen molar-refractivity contribution < 1.29 is 9.53 Å². The zero-order chi connectivity index (χ0) is 17.5. The first-order valence-electron chi connectivity index (χ1n) is 8.58. The van der Waals surface area contributed by atoms with E-state index in [0.29, 0.717) is 6.54 Å². The van der Waals surface area contributed by atoms with Gasteiger partial charge < -0.3 is 10.1 Å². The third-order valence-electron chi connectivity index (χ3n) is 4.49. The molecule has 1 amide bonds. The van der Waals surface area contributed by atoms with Crippen LogP contribution in [0.4, 0.5) is 0 Å². The highest BCUT2D eigenvalue weighted by atomic mass is 79.9. The molecule has 0 saturated carbocycles. The van der Waals surface area contributed by atoms with Crippen molar-refractivity contribution in [2.75, 3.05) is 39.8 Å². The molecule has 24 heavy (non-hydrogen) atoms. The van der Waals surface area contributed by atoms with Crippen LogP contribution in [0.25, 0.3) is 0 Å². The minimum atomic E-state index is 0.131. The number of ether oxygens (including phenoxy) is 1. The van der Waals surface area contributed by atoms with E-state index in [0.717, 1.165) is 49.4 Å². The van der Waals surface area contributed by atoms with Gasteiger partial charge in [-0.25, -0.2) is 0 Å². The van der Waals surface area contributed by atoms with Gasteiger partial charge in [-0.2, -0.15) is 0 Å². The number of halogens is 1. The first kappa shape index (κ1) is 19.2. The van der Waals surface area contributed by atoms with Gasteiger partial charge in [0.2, 0.25) is 5.91 Å². The van der Waals surface area contributed by atoms with Gasteiger partial charge in [-0.3, -0.25) is 14.6 Å².